The molecule has 0 atom stereocenters. The third-order valence-electron chi connectivity index (χ3n) is 8.27. The van der Waals surface area contributed by atoms with E-state index in [1.54, 1.807) is 0 Å². The molecule has 0 aliphatic carbocycles. The van der Waals surface area contributed by atoms with Gasteiger partial charge in [0.05, 0.1) is 17.1 Å². The van der Waals surface area contributed by atoms with E-state index in [2.05, 4.69) is 144 Å². The van der Waals surface area contributed by atoms with E-state index >= 15 is 0 Å². The zero-order valence-corrected chi connectivity index (χ0v) is 24.4. The maximum Gasteiger partial charge on any atom is 0.137 e. The van der Waals surface area contributed by atoms with Crippen LogP contribution in [0.15, 0.2) is 158 Å². The Morgan fingerprint density at radius 1 is 0.432 bits per heavy atom. The molecule has 0 saturated heterocycles. The van der Waals surface area contributed by atoms with Crippen LogP contribution in [0.2, 0.25) is 0 Å². The second-order valence-corrected chi connectivity index (χ2v) is 11.2. The molecule has 0 amide bonds. The number of hydrogen-bond acceptors (Lipinski definition) is 2. The lowest BCUT2D eigenvalue weighted by Crippen LogP contribution is -1.91. The van der Waals surface area contributed by atoms with Gasteiger partial charge in [-0.2, -0.15) is 0 Å². The molecular formula is C41H29N3. The second kappa shape index (κ2) is 10.8. The molecule has 0 aliphatic rings. The van der Waals surface area contributed by atoms with Crippen LogP contribution in [0.3, 0.4) is 0 Å². The summed E-state index contributed by atoms with van der Waals surface area (Å²) < 4.78 is 2.18. The predicted molar refractivity (Wildman–Crippen MR) is 182 cm³/mol. The highest BCUT2D eigenvalue weighted by Crippen LogP contribution is 2.36. The molecule has 3 heteroatoms. The van der Waals surface area contributed by atoms with Crippen LogP contribution in [0.4, 0.5) is 0 Å². The van der Waals surface area contributed by atoms with E-state index in [0.717, 1.165) is 56.2 Å². The molecule has 208 valence electrons. The monoisotopic (exact) mass is 563 g/mol. The van der Waals surface area contributed by atoms with Crippen molar-refractivity contribution in [3.05, 3.63) is 164 Å². The van der Waals surface area contributed by atoms with Crippen LogP contribution in [0.5, 0.6) is 0 Å². The largest absolute Gasteiger partial charge is 0.299 e. The number of pyridine rings is 2. The molecule has 8 aromatic rings. The van der Waals surface area contributed by atoms with Crippen LogP contribution in [0, 0.1) is 6.92 Å². The van der Waals surface area contributed by atoms with Crippen molar-refractivity contribution < 1.29 is 0 Å². The van der Waals surface area contributed by atoms with E-state index in [4.69, 9.17) is 9.97 Å². The van der Waals surface area contributed by atoms with Crippen molar-refractivity contribution >= 4 is 16.4 Å². The van der Waals surface area contributed by atoms with E-state index in [1.165, 1.54) is 21.9 Å². The molecule has 44 heavy (non-hydrogen) atoms. The molecule has 0 spiro atoms. The number of aromatic nitrogens is 3. The zero-order chi connectivity index (χ0) is 29.5. The topological polar surface area (TPSA) is 30.2 Å². The standard InChI is InChI=1S/C41H29N3/c1-28-10-9-15-38(42-28)37-26-35(25-36(27-37)34-22-19-29-11-5-6-14-33(29)24-34)30-17-20-32(21-18-30)41-40(31-12-3-2-4-13-31)43-39-16-7-8-23-44(39)41/h2-27H,1H3. The van der Waals surface area contributed by atoms with Crippen LogP contribution in [0.25, 0.3) is 72.4 Å². The zero-order valence-electron chi connectivity index (χ0n) is 24.4. The number of aryl methyl sites for hydroxylation is 1. The van der Waals surface area contributed by atoms with Crippen molar-refractivity contribution in [1.82, 2.24) is 14.4 Å². The van der Waals surface area contributed by atoms with Gasteiger partial charge in [0.15, 0.2) is 0 Å². The fourth-order valence-electron chi connectivity index (χ4n) is 6.07. The summed E-state index contributed by atoms with van der Waals surface area (Å²) in [6, 6.07) is 53.7. The van der Waals surface area contributed by atoms with Crippen molar-refractivity contribution in [2.45, 2.75) is 6.92 Å². The molecule has 0 bridgehead atoms. The van der Waals surface area contributed by atoms with Crippen LogP contribution in [-0.2, 0) is 0 Å². The van der Waals surface area contributed by atoms with Crippen LogP contribution in [-0.4, -0.2) is 14.4 Å². The average molecular weight is 564 g/mol. The SMILES string of the molecule is Cc1cccc(-c2cc(-c3ccc(-c4c(-c5ccccc5)nc5ccccn45)cc3)cc(-c3ccc4ccccc4c3)c2)n1. The average Bonchev–Trinajstić information content (AvgIpc) is 3.48. The van der Waals surface area contributed by atoms with Gasteiger partial charge >= 0.3 is 0 Å². The summed E-state index contributed by atoms with van der Waals surface area (Å²) in [6.07, 6.45) is 2.09. The van der Waals surface area contributed by atoms with Gasteiger partial charge in [0.1, 0.15) is 5.65 Å². The third kappa shape index (κ3) is 4.75. The molecule has 0 unspecified atom stereocenters. The summed E-state index contributed by atoms with van der Waals surface area (Å²) in [6.45, 7) is 2.04. The Labute approximate surface area is 256 Å². The van der Waals surface area contributed by atoms with E-state index in [-0.39, 0.29) is 0 Å². The first-order valence-electron chi connectivity index (χ1n) is 14.9. The minimum atomic E-state index is 0.934. The van der Waals surface area contributed by atoms with E-state index < -0.39 is 0 Å². The van der Waals surface area contributed by atoms with Gasteiger partial charge in [-0.05, 0) is 88.5 Å². The maximum atomic E-state index is 5.01. The van der Waals surface area contributed by atoms with Crippen LogP contribution in [0.1, 0.15) is 5.69 Å². The van der Waals surface area contributed by atoms with Gasteiger partial charge in [0.2, 0.25) is 0 Å². The first-order chi connectivity index (χ1) is 21.7. The van der Waals surface area contributed by atoms with E-state index in [0.29, 0.717) is 0 Å². The summed E-state index contributed by atoms with van der Waals surface area (Å²) in [5.41, 5.74) is 13.0. The Balaban J connectivity index is 1.26. The van der Waals surface area contributed by atoms with E-state index in [1.807, 2.05) is 25.1 Å². The number of fused-ring (bicyclic) bond motifs is 2. The van der Waals surface area contributed by atoms with Crippen LogP contribution < -0.4 is 0 Å². The lowest BCUT2D eigenvalue weighted by molar-refractivity contribution is 1.19. The summed E-state index contributed by atoms with van der Waals surface area (Å²) in [5.74, 6) is 0. The smallest absolute Gasteiger partial charge is 0.137 e. The highest BCUT2D eigenvalue weighted by Gasteiger charge is 2.16. The van der Waals surface area contributed by atoms with E-state index in [9.17, 15) is 0 Å². The van der Waals surface area contributed by atoms with Crippen molar-refractivity contribution in [3.63, 3.8) is 0 Å². The van der Waals surface area contributed by atoms with Crippen molar-refractivity contribution in [1.29, 1.82) is 0 Å². The Hall–Kier alpha value is -5.80. The van der Waals surface area contributed by atoms with Gasteiger partial charge in [-0.1, -0.05) is 103 Å². The third-order valence-corrected chi connectivity index (χ3v) is 8.27. The molecule has 0 aliphatic heterocycles. The molecule has 3 aromatic heterocycles. The van der Waals surface area contributed by atoms with Gasteiger partial charge in [-0.25, -0.2) is 4.98 Å². The molecular weight excluding hydrogens is 534 g/mol. The molecule has 3 heterocycles. The Morgan fingerprint density at radius 3 is 1.93 bits per heavy atom. The number of rotatable bonds is 5. The molecule has 0 N–H and O–H groups in total. The molecule has 0 fully saturated rings. The van der Waals surface area contributed by atoms with Gasteiger partial charge in [0.25, 0.3) is 0 Å². The summed E-state index contributed by atoms with van der Waals surface area (Å²) in [5, 5.41) is 2.48. The Bertz CT molecular complexity index is 2280. The van der Waals surface area contributed by atoms with Gasteiger partial charge in [-0.3, -0.25) is 9.38 Å². The highest BCUT2D eigenvalue weighted by atomic mass is 15.0. The van der Waals surface area contributed by atoms with Crippen molar-refractivity contribution in [3.8, 4) is 56.0 Å². The summed E-state index contributed by atoms with van der Waals surface area (Å²) in [4.78, 5) is 9.88. The van der Waals surface area contributed by atoms with Crippen molar-refractivity contribution in [2.24, 2.45) is 0 Å². The quantitative estimate of drug-likeness (QED) is 0.208. The molecule has 5 aromatic carbocycles. The highest BCUT2D eigenvalue weighted by molar-refractivity contribution is 5.89. The second-order valence-electron chi connectivity index (χ2n) is 11.2. The first kappa shape index (κ1) is 25.9. The number of hydrogen-bond donors (Lipinski definition) is 0. The fraction of sp³-hybridized carbons (Fsp3) is 0.0244. The predicted octanol–water partition coefficient (Wildman–Crippen LogP) is 10.5. The van der Waals surface area contributed by atoms with Crippen LogP contribution >= 0.6 is 0 Å². The lowest BCUT2D eigenvalue weighted by atomic mass is 9.93. The Morgan fingerprint density at radius 2 is 1.11 bits per heavy atom. The Kier molecular flexibility index (Phi) is 6.35. The molecule has 0 radical (unpaired) electrons. The maximum absolute atomic E-state index is 5.01. The number of benzene rings is 5. The molecule has 8 rings (SSSR count). The normalized spacial score (nSPS) is 11.3. The fourth-order valence-corrected chi connectivity index (χ4v) is 6.07. The van der Waals surface area contributed by atoms with Gasteiger partial charge in [-0.15, -0.1) is 0 Å². The number of imidazole rings is 1. The van der Waals surface area contributed by atoms with Gasteiger partial charge < -0.3 is 0 Å². The van der Waals surface area contributed by atoms with Crippen molar-refractivity contribution in [2.75, 3.05) is 0 Å². The lowest BCUT2D eigenvalue weighted by Gasteiger charge is -2.13. The minimum absolute atomic E-state index is 0.934. The van der Waals surface area contributed by atoms with Gasteiger partial charge in [0, 0.05) is 28.6 Å². The molecule has 3 nitrogen and oxygen atoms in total. The minimum Gasteiger partial charge on any atom is -0.299 e. The number of nitrogens with zero attached hydrogens (tertiary/aromatic N) is 3. The molecule has 0 saturated carbocycles. The summed E-state index contributed by atoms with van der Waals surface area (Å²) >= 11 is 0. The summed E-state index contributed by atoms with van der Waals surface area (Å²) in [7, 11) is 0. The first-order valence-corrected chi connectivity index (χ1v) is 14.9.